The standard InChI is InChI=1S/C22H18FNO6S2/c1-29-17-11-13(4-9-16(17)30-21(28)14-5-7-15(23)8-6-14)12-18-20(27)24(22(31)32-18)10-2-3-19(25)26/h4-9,11-12H,2-3,10H2,1H3,(H,25,26)/b18-12-. The van der Waals surface area contributed by atoms with Gasteiger partial charge in [-0.1, -0.05) is 30.0 Å². The van der Waals surface area contributed by atoms with Crippen LogP contribution < -0.4 is 9.47 Å². The minimum Gasteiger partial charge on any atom is -0.493 e. The summed E-state index contributed by atoms with van der Waals surface area (Å²) in [5, 5.41) is 8.76. The average molecular weight is 476 g/mol. The van der Waals surface area contributed by atoms with Gasteiger partial charge in [-0.05, 0) is 54.5 Å². The van der Waals surface area contributed by atoms with Crippen LogP contribution in [0.4, 0.5) is 4.39 Å². The van der Waals surface area contributed by atoms with E-state index in [-0.39, 0.29) is 35.9 Å². The predicted molar refractivity (Wildman–Crippen MR) is 121 cm³/mol. The molecule has 7 nitrogen and oxygen atoms in total. The van der Waals surface area contributed by atoms with E-state index in [1.807, 2.05) is 0 Å². The van der Waals surface area contributed by atoms with Gasteiger partial charge in [-0.3, -0.25) is 14.5 Å². The number of thiocarbonyl (C=S) groups is 1. The first-order valence-corrected chi connectivity index (χ1v) is 10.6. The zero-order valence-electron chi connectivity index (χ0n) is 16.9. The topological polar surface area (TPSA) is 93.1 Å². The number of carbonyl (C=O) groups excluding carboxylic acids is 2. The van der Waals surface area contributed by atoms with E-state index in [0.717, 1.165) is 23.9 Å². The van der Waals surface area contributed by atoms with Crippen molar-refractivity contribution in [2.24, 2.45) is 0 Å². The van der Waals surface area contributed by atoms with Crippen LogP contribution in [0.2, 0.25) is 0 Å². The number of hydrogen-bond donors (Lipinski definition) is 1. The molecule has 1 N–H and O–H groups in total. The number of amides is 1. The molecule has 0 spiro atoms. The Balaban J connectivity index is 1.74. The molecule has 1 saturated heterocycles. The Bertz CT molecular complexity index is 1100. The molecule has 0 atom stereocenters. The largest absolute Gasteiger partial charge is 0.493 e. The number of halogens is 1. The summed E-state index contributed by atoms with van der Waals surface area (Å²) >= 11 is 6.36. The van der Waals surface area contributed by atoms with Crippen molar-refractivity contribution in [1.29, 1.82) is 0 Å². The van der Waals surface area contributed by atoms with Gasteiger partial charge in [-0.15, -0.1) is 0 Å². The number of carboxylic acid groups (broad SMARTS) is 1. The summed E-state index contributed by atoms with van der Waals surface area (Å²) in [5.74, 6) is -1.92. The maximum absolute atomic E-state index is 13.0. The number of benzene rings is 2. The van der Waals surface area contributed by atoms with Gasteiger partial charge in [-0.25, -0.2) is 9.18 Å². The number of esters is 1. The lowest BCUT2D eigenvalue weighted by atomic mass is 10.1. The van der Waals surface area contributed by atoms with Crippen molar-refractivity contribution < 1.29 is 33.4 Å². The molecule has 1 heterocycles. The van der Waals surface area contributed by atoms with Crippen molar-refractivity contribution in [3.63, 3.8) is 0 Å². The first-order valence-electron chi connectivity index (χ1n) is 9.41. The number of thioether (sulfide) groups is 1. The molecular formula is C22H18FNO6S2. The summed E-state index contributed by atoms with van der Waals surface area (Å²) in [6.45, 7) is 0.232. The molecule has 32 heavy (non-hydrogen) atoms. The lowest BCUT2D eigenvalue weighted by Crippen LogP contribution is -2.29. The van der Waals surface area contributed by atoms with Gasteiger partial charge in [-0.2, -0.15) is 0 Å². The molecule has 0 bridgehead atoms. The Kier molecular flexibility index (Phi) is 7.60. The fourth-order valence-corrected chi connectivity index (χ4v) is 4.14. The zero-order valence-corrected chi connectivity index (χ0v) is 18.5. The maximum Gasteiger partial charge on any atom is 0.343 e. The molecule has 166 valence electrons. The second kappa shape index (κ2) is 10.4. The molecule has 0 aromatic heterocycles. The lowest BCUT2D eigenvalue weighted by molar-refractivity contribution is -0.137. The van der Waals surface area contributed by atoms with Crippen LogP contribution in [-0.4, -0.2) is 45.8 Å². The number of ether oxygens (including phenoxy) is 2. The Morgan fingerprint density at radius 3 is 2.56 bits per heavy atom. The normalized spacial score (nSPS) is 14.7. The van der Waals surface area contributed by atoms with E-state index in [1.54, 1.807) is 18.2 Å². The molecule has 2 aromatic rings. The lowest BCUT2D eigenvalue weighted by Gasteiger charge is -2.13. The van der Waals surface area contributed by atoms with Crippen molar-refractivity contribution in [2.75, 3.05) is 13.7 Å². The van der Waals surface area contributed by atoms with Gasteiger partial charge in [0.15, 0.2) is 11.5 Å². The highest BCUT2D eigenvalue weighted by atomic mass is 32.2. The third-order valence-electron chi connectivity index (χ3n) is 4.41. The monoisotopic (exact) mass is 475 g/mol. The van der Waals surface area contributed by atoms with Crippen molar-refractivity contribution in [1.82, 2.24) is 4.90 Å². The number of carboxylic acids is 1. The molecule has 0 radical (unpaired) electrons. The molecule has 3 rings (SSSR count). The van der Waals surface area contributed by atoms with Crippen molar-refractivity contribution in [3.05, 3.63) is 64.3 Å². The van der Waals surface area contributed by atoms with Crippen LogP contribution in [0.3, 0.4) is 0 Å². The van der Waals surface area contributed by atoms with Crippen LogP contribution in [0.25, 0.3) is 6.08 Å². The number of methoxy groups -OCH3 is 1. The number of nitrogens with zero attached hydrogens (tertiary/aromatic N) is 1. The smallest absolute Gasteiger partial charge is 0.343 e. The first kappa shape index (κ1) is 23.4. The number of aliphatic carboxylic acids is 1. The minimum absolute atomic E-state index is 0.0502. The quantitative estimate of drug-likeness (QED) is 0.264. The summed E-state index contributed by atoms with van der Waals surface area (Å²) in [5.41, 5.74) is 0.804. The Hall–Kier alpha value is -3.24. The molecule has 0 aliphatic carbocycles. The Morgan fingerprint density at radius 2 is 1.91 bits per heavy atom. The van der Waals surface area contributed by atoms with Gasteiger partial charge in [0.05, 0.1) is 17.6 Å². The highest BCUT2D eigenvalue weighted by molar-refractivity contribution is 8.26. The SMILES string of the molecule is COc1cc(/C=C2\SC(=S)N(CCCC(=O)O)C2=O)ccc1OC(=O)c1ccc(F)cc1. The third kappa shape index (κ3) is 5.71. The van der Waals surface area contributed by atoms with Gasteiger partial charge >= 0.3 is 11.9 Å². The van der Waals surface area contributed by atoms with Crippen molar-refractivity contribution in [2.45, 2.75) is 12.8 Å². The van der Waals surface area contributed by atoms with Crippen molar-refractivity contribution in [3.8, 4) is 11.5 Å². The summed E-state index contributed by atoms with van der Waals surface area (Å²) in [6.07, 6.45) is 1.88. The van der Waals surface area contributed by atoms with Crippen LogP contribution in [-0.2, 0) is 9.59 Å². The fourth-order valence-electron chi connectivity index (χ4n) is 2.84. The van der Waals surface area contributed by atoms with Crippen LogP contribution in [0.5, 0.6) is 11.5 Å². The Labute approximate surface area is 192 Å². The maximum atomic E-state index is 13.0. The van der Waals surface area contributed by atoms with Crippen LogP contribution in [0, 0.1) is 5.82 Å². The molecule has 1 fully saturated rings. The summed E-state index contributed by atoms with van der Waals surface area (Å²) < 4.78 is 24.1. The third-order valence-corrected chi connectivity index (χ3v) is 5.79. The predicted octanol–water partition coefficient (Wildman–Crippen LogP) is 4.12. The highest BCUT2D eigenvalue weighted by Gasteiger charge is 2.31. The molecular weight excluding hydrogens is 457 g/mol. The molecule has 0 saturated carbocycles. The highest BCUT2D eigenvalue weighted by Crippen LogP contribution is 2.35. The summed E-state index contributed by atoms with van der Waals surface area (Å²) in [6, 6.07) is 9.73. The minimum atomic E-state index is -0.932. The first-order chi connectivity index (χ1) is 15.3. The van der Waals surface area contributed by atoms with E-state index in [4.69, 9.17) is 26.8 Å². The van der Waals surface area contributed by atoms with E-state index in [9.17, 15) is 18.8 Å². The molecule has 0 unspecified atom stereocenters. The molecule has 1 aliphatic rings. The van der Waals surface area contributed by atoms with E-state index < -0.39 is 17.8 Å². The molecule has 1 amide bonds. The second-order valence-electron chi connectivity index (χ2n) is 6.64. The summed E-state index contributed by atoms with van der Waals surface area (Å²) in [4.78, 5) is 37.4. The van der Waals surface area contributed by atoms with Gasteiger partial charge in [0.1, 0.15) is 10.1 Å². The zero-order chi connectivity index (χ0) is 23.3. The molecule has 2 aromatic carbocycles. The van der Waals surface area contributed by atoms with Gasteiger partial charge in [0.25, 0.3) is 5.91 Å². The van der Waals surface area contributed by atoms with Crippen molar-refractivity contribution >= 4 is 52.2 Å². The van der Waals surface area contributed by atoms with Gasteiger partial charge in [0.2, 0.25) is 0 Å². The van der Waals surface area contributed by atoms with Crippen LogP contribution in [0.1, 0.15) is 28.8 Å². The molecule has 1 aliphatic heterocycles. The average Bonchev–Trinajstić information content (AvgIpc) is 3.02. The van der Waals surface area contributed by atoms with E-state index >= 15 is 0 Å². The van der Waals surface area contributed by atoms with Crippen LogP contribution in [0.15, 0.2) is 47.4 Å². The number of hydrogen-bond acceptors (Lipinski definition) is 7. The number of rotatable bonds is 8. The Morgan fingerprint density at radius 1 is 1.19 bits per heavy atom. The fraction of sp³-hybridized carbons (Fsp3) is 0.182. The van der Waals surface area contributed by atoms with E-state index in [1.165, 1.54) is 30.2 Å². The van der Waals surface area contributed by atoms with E-state index in [2.05, 4.69) is 0 Å². The summed E-state index contributed by atoms with van der Waals surface area (Å²) in [7, 11) is 1.41. The molecule has 10 heteroatoms. The number of carbonyl (C=O) groups is 3. The second-order valence-corrected chi connectivity index (χ2v) is 8.31. The van der Waals surface area contributed by atoms with Crippen LogP contribution >= 0.6 is 24.0 Å². The van der Waals surface area contributed by atoms with Gasteiger partial charge in [0, 0.05) is 13.0 Å². The van der Waals surface area contributed by atoms with Gasteiger partial charge < -0.3 is 14.6 Å². The van der Waals surface area contributed by atoms with E-state index in [0.29, 0.717) is 21.2 Å².